The lowest BCUT2D eigenvalue weighted by atomic mass is 9.93. The molecule has 0 aliphatic carbocycles. The minimum absolute atomic E-state index is 0.397. The summed E-state index contributed by atoms with van der Waals surface area (Å²) in [5, 5.41) is 0. The van der Waals surface area contributed by atoms with Crippen LogP contribution in [0.2, 0.25) is 0 Å². The molecular weight excluding hydrogens is 188 g/mol. The third kappa shape index (κ3) is 2.52. The highest BCUT2D eigenvalue weighted by Crippen LogP contribution is 2.19. The van der Waals surface area contributed by atoms with Gasteiger partial charge in [0.15, 0.2) is 0 Å². The summed E-state index contributed by atoms with van der Waals surface area (Å²) in [6.45, 7) is 4.11. The van der Waals surface area contributed by atoms with E-state index in [1.165, 1.54) is 5.56 Å². The van der Waals surface area contributed by atoms with Crippen LogP contribution in [-0.4, -0.2) is 12.6 Å². The Hall–Kier alpha value is -1.44. The van der Waals surface area contributed by atoms with Crippen molar-refractivity contribution in [3.05, 3.63) is 34.4 Å². The first-order valence-corrected chi connectivity index (χ1v) is 5.22. The van der Waals surface area contributed by atoms with E-state index in [9.17, 15) is 9.59 Å². The predicted octanol–water partition coefficient (Wildman–Crippen LogP) is 2.04. The van der Waals surface area contributed by atoms with Gasteiger partial charge in [-0.2, -0.15) is 0 Å². The van der Waals surface area contributed by atoms with Crippen molar-refractivity contribution in [2.24, 2.45) is 0 Å². The van der Waals surface area contributed by atoms with Crippen molar-refractivity contribution < 1.29 is 9.59 Å². The van der Waals surface area contributed by atoms with E-state index in [1.54, 1.807) is 0 Å². The van der Waals surface area contributed by atoms with E-state index in [2.05, 4.69) is 6.92 Å². The molecule has 80 valence electrons. The predicted molar refractivity (Wildman–Crippen MR) is 60.1 cm³/mol. The summed E-state index contributed by atoms with van der Waals surface area (Å²) >= 11 is 0. The number of hydrogen-bond acceptors (Lipinski definition) is 2. The van der Waals surface area contributed by atoms with Gasteiger partial charge in [-0.25, -0.2) is 0 Å². The van der Waals surface area contributed by atoms with Gasteiger partial charge in [-0.3, -0.25) is 0 Å². The number of hydrogen-bond donors (Lipinski definition) is 0. The molecule has 0 aliphatic heterocycles. The molecule has 0 aromatic heterocycles. The van der Waals surface area contributed by atoms with Crippen LogP contribution in [0.5, 0.6) is 0 Å². The molecule has 2 nitrogen and oxygen atoms in total. The molecule has 2 heteroatoms. The van der Waals surface area contributed by atoms with Crippen molar-refractivity contribution in [2.45, 2.75) is 33.1 Å². The summed E-state index contributed by atoms with van der Waals surface area (Å²) in [6.07, 6.45) is 3.54. The average molecular weight is 204 g/mol. The lowest BCUT2D eigenvalue weighted by Crippen LogP contribution is -2.02. The Morgan fingerprint density at radius 3 is 2.20 bits per heavy atom. The van der Waals surface area contributed by atoms with Crippen molar-refractivity contribution >= 4 is 12.6 Å². The first kappa shape index (κ1) is 11.6. The summed E-state index contributed by atoms with van der Waals surface area (Å²) in [6, 6.07) is 4.00. The number of rotatable bonds is 5. The lowest BCUT2D eigenvalue weighted by Gasteiger charge is -2.12. The van der Waals surface area contributed by atoms with Crippen molar-refractivity contribution in [3.8, 4) is 0 Å². The quantitative estimate of drug-likeness (QED) is 0.688. The fourth-order valence-electron chi connectivity index (χ4n) is 1.89. The Labute approximate surface area is 90.3 Å². The molecule has 0 atom stereocenters. The number of aryl methyl sites for hydroxylation is 1. The van der Waals surface area contributed by atoms with Gasteiger partial charge in [-0.15, -0.1) is 0 Å². The Morgan fingerprint density at radius 2 is 1.67 bits per heavy atom. The molecule has 0 spiro atoms. The number of carbonyl (C=O) groups excluding carboxylic acids is 2. The van der Waals surface area contributed by atoms with Gasteiger partial charge in [0.25, 0.3) is 0 Å². The molecule has 1 rings (SSSR count). The topological polar surface area (TPSA) is 34.1 Å². The molecule has 0 aliphatic rings. The van der Waals surface area contributed by atoms with Crippen LogP contribution in [0, 0.1) is 6.92 Å². The third-order valence-corrected chi connectivity index (χ3v) is 2.78. The van der Waals surface area contributed by atoms with Crippen LogP contribution < -0.4 is 0 Å². The maximum Gasteiger partial charge on any atom is 0.124 e. The first-order chi connectivity index (χ1) is 7.24. The molecule has 0 radical (unpaired) electrons. The van der Waals surface area contributed by atoms with E-state index in [4.69, 9.17) is 0 Å². The van der Waals surface area contributed by atoms with Crippen LogP contribution in [-0.2, 0) is 28.9 Å². The minimum atomic E-state index is 0.397. The lowest BCUT2D eigenvalue weighted by molar-refractivity contribution is -0.108. The Morgan fingerprint density at radius 1 is 1.07 bits per heavy atom. The summed E-state index contributed by atoms with van der Waals surface area (Å²) in [4.78, 5) is 21.1. The second-order valence-corrected chi connectivity index (χ2v) is 3.58. The van der Waals surface area contributed by atoms with Gasteiger partial charge in [0, 0.05) is 12.8 Å². The molecule has 0 bridgehead atoms. The summed E-state index contributed by atoms with van der Waals surface area (Å²) < 4.78 is 0. The normalized spacial score (nSPS) is 10.0. The number of aldehydes is 2. The van der Waals surface area contributed by atoms with E-state index in [0.717, 1.165) is 35.7 Å². The monoisotopic (exact) mass is 204 g/mol. The van der Waals surface area contributed by atoms with Gasteiger partial charge in [0.05, 0.1) is 0 Å². The smallest absolute Gasteiger partial charge is 0.124 e. The van der Waals surface area contributed by atoms with E-state index < -0.39 is 0 Å². The van der Waals surface area contributed by atoms with Gasteiger partial charge >= 0.3 is 0 Å². The summed E-state index contributed by atoms with van der Waals surface area (Å²) in [5.41, 5.74) is 4.41. The number of benzene rings is 1. The molecule has 0 saturated heterocycles. The fourth-order valence-corrected chi connectivity index (χ4v) is 1.89. The first-order valence-electron chi connectivity index (χ1n) is 5.22. The zero-order valence-electron chi connectivity index (χ0n) is 9.25. The molecule has 0 amide bonds. The molecule has 0 heterocycles. The second-order valence-electron chi connectivity index (χ2n) is 3.58. The van der Waals surface area contributed by atoms with Crippen LogP contribution in [0.4, 0.5) is 0 Å². The second kappa shape index (κ2) is 5.44. The van der Waals surface area contributed by atoms with Crippen molar-refractivity contribution in [1.82, 2.24) is 0 Å². The highest BCUT2D eigenvalue weighted by molar-refractivity contribution is 5.63. The van der Waals surface area contributed by atoms with E-state index in [-0.39, 0.29) is 0 Å². The van der Waals surface area contributed by atoms with Crippen molar-refractivity contribution in [1.29, 1.82) is 0 Å². The van der Waals surface area contributed by atoms with Crippen LogP contribution >= 0.6 is 0 Å². The molecule has 0 unspecified atom stereocenters. The zero-order valence-corrected chi connectivity index (χ0v) is 9.25. The standard InChI is InChI=1S/C13H16O2/c1-3-11-4-5-12(6-8-14)13(7-9-15)10(11)2/h4-5,8-9H,3,6-7H2,1-2H3. The Kier molecular flexibility index (Phi) is 4.22. The highest BCUT2D eigenvalue weighted by atomic mass is 16.1. The maximum atomic E-state index is 10.6. The molecule has 15 heavy (non-hydrogen) atoms. The van der Waals surface area contributed by atoms with Gasteiger partial charge < -0.3 is 9.59 Å². The molecule has 1 aromatic rings. The third-order valence-electron chi connectivity index (χ3n) is 2.78. The highest BCUT2D eigenvalue weighted by Gasteiger charge is 2.08. The Balaban J connectivity index is 3.22. The minimum Gasteiger partial charge on any atom is -0.303 e. The number of carbonyl (C=O) groups is 2. The van der Waals surface area contributed by atoms with Crippen molar-refractivity contribution in [2.75, 3.05) is 0 Å². The van der Waals surface area contributed by atoms with Crippen LogP contribution in [0.25, 0.3) is 0 Å². The van der Waals surface area contributed by atoms with Gasteiger partial charge in [0.2, 0.25) is 0 Å². The maximum absolute atomic E-state index is 10.6. The molecule has 0 fully saturated rings. The SMILES string of the molecule is CCc1ccc(CC=O)c(CC=O)c1C. The van der Waals surface area contributed by atoms with Crippen LogP contribution in [0.1, 0.15) is 29.2 Å². The summed E-state index contributed by atoms with van der Waals surface area (Å²) in [7, 11) is 0. The summed E-state index contributed by atoms with van der Waals surface area (Å²) in [5.74, 6) is 0. The van der Waals surface area contributed by atoms with E-state index in [0.29, 0.717) is 12.8 Å². The van der Waals surface area contributed by atoms with Crippen LogP contribution in [0.15, 0.2) is 12.1 Å². The molecule has 0 N–H and O–H groups in total. The van der Waals surface area contributed by atoms with Gasteiger partial charge in [-0.05, 0) is 35.6 Å². The molecule has 0 saturated carbocycles. The molecular formula is C13H16O2. The van der Waals surface area contributed by atoms with Gasteiger partial charge in [0.1, 0.15) is 12.6 Å². The molecule has 1 aromatic carbocycles. The van der Waals surface area contributed by atoms with Crippen molar-refractivity contribution in [3.63, 3.8) is 0 Å². The van der Waals surface area contributed by atoms with E-state index in [1.807, 2.05) is 19.1 Å². The average Bonchev–Trinajstić information content (AvgIpc) is 2.24. The Bertz CT molecular complexity index is 367. The largest absolute Gasteiger partial charge is 0.303 e. The fraction of sp³-hybridized carbons (Fsp3) is 0.385. The van der Waals surface area contributed by atoms with Crippen LogP contribution in [0.3, 0.4) is 0 Å². The zero-order chi connectivity index (χ0) is 11.3. The van der Waals surface area contributed by atoms with Gasteiger partial charge in [-0.1, -0.05) is 19.1 Å². The van der Waals surface area contributed by atoms with E-state index >= 15 is 0 Å².